The van der Waals surface area contributed by atoms with Crippen molar-refractivity contribution in [2.24, 2.45) is 5.73 Å². The molecule has 0 saturated heterocycles. The molecule has 1 aromatic carbocycles. The lowest BCUT2D eigenvalue weighted by atomic mass is 10.1. The highest BCUT2D eigenvalue weighted by Crippen LogP contribution is 2.27. The number of halogens is 1. The third-order valence-electron chi connectivity index (χ3n) is 3.57. The Bertz CT molecular complexity index is 685. The van der Waals surface area contributed by atoms with E-state index in [9.17, 15) is 0 Å². The lowest BCUT2D eigenvalue weighted by Crippen LogP contribution is -2.14. The van der Waals surface area contributed by atoms with Gasteiger partial charge in [0.05, 0.1) is 5.56 Å². The SMILES string of the molecule is NC(=S)c1cc2c(nc1OCc1ccc(Cl)cc1)CCC2. The number of hydrogen-bond acceptors (Lipinski definition) is 3. The Morgan fingerprint density at radius 1 is 1.29 bits per heavy atom. The first-order valence-corrected chi connectivity index (χ1v) is 7.62. The van der Waals surface area contributed by atoms with Crippen LogP contribution in [0.25, 0.3) is 0 Å². The summed E-state index contributed by atoms with van der Waals surface area (Å²) in [7, 11) is 0. The standard InChI is InChI=1S/C16H15ClN2OS/c17-12-6-4-10(5-7-12)9-20-16-13(15(18)21)8-11-2-1-3-14(11)19-16/h4-8H,1-3,9H2,(H2,18,21). The number of fused-ring (bicyclic) bond motifs is 1. The molecule has 1 aliphatic carbocycles. The van der Waals surface area contributed by atoms with Gasteiger partial charge in [-0.3, -0.25) is 0 Å². The number of ether oxygens (including phenoxy) is 1. The molecule has 1 aliphatic rings. The second-order valence-corrected chi connectivity index (χ2v) is 5.96. The molecule has 0 unspecified atom stereocenters. The first kappa shape index (κ1) is 14.3. The van der Waals surface area contributed by atoms with Gasteiger partial charge < -0.3 is 10.5 Å². The molecule has 0 amide bonds. The van der Waals surface area contributed by atoms with Crippen LogP contribution in [0.5, 0.6) is 5.88 Å². The Balaban J connectivity index is 1.84. The number of nitrogens with zero attached hydrogens (tertiary/aromatic N) is 1. The number of aromatic nitrogens is 1. The van der Waals surface area contributed by atoms with Crippen LogP contribution in [0.2, 0.25) is 5.02 Å². The average Bonchev–Trinajstić information content (AvgIpc) is 2.92. The maximum absolute atomic E-state index is 5.87. The van der Waals surface area contributed by atoms with Crippen LogP contribution in [0.15, 0.2) is 30.3 Å². The fourth-order valence-electron chi connectivity index (χ4n) is 2.47. The molecule has 1 aromatic heterocycles. The number of benzene rings is 1. The molecule has 2 N–H and O–H groups in total. The number of rotatable bonds is 4. The molecule has 2 aromatic rings. The van der Waals surface area contributed by atoms with Gasteiger partial charge >= 0.3 is 0 Å². The van der Waals surface area contributed by atoms with Crippen molar-refractivity contribution in [2.45, 2.75) is 25.9 Å². The fourth-order valence-corrected chi connectivity index (χ4v) is 2.74. The van der Waals surface area contributed by atoms with Gasteiger partial charge in [0.25, 0.3) is 0 Å². The molecule has 0 atom stereocenters. The summed E-state index contributed by atoms with van der Waals surface area (Å²) in [6.45, 7) is 0.415. The Morgan fingerprint density at radius 2 is 2.05 bits per heavy atom. The topological polar surface area (TPSA) is 48.1 Å². The Morgan fingerprint density at radius 3 is 2.76 bits per heavy atom. The first-order valence-electron chi connectivity index (χ1n) is 6.83. The maximum Gasteiger partial charge on any atom is 0.224 e. The minimum atomic E-state index is 0.323. The van der Waals surface area contributed by atoms with Gasteiger partial charge in [-0.1, -0.05) is 36.0 Å². The molecule has 108 valence electrons. The molecule has 0 radical (unpaired) electrons. The van der Waals surface area contributed by atoms with Gasteiger partial charge in [-0.25, -0.2) is 4.98 Å². The monoisotopic (exact) mass is 318 g/mol. The van der Waals surface area contributed by atoms with Crippen LogP contribution in [0.3, 0.4) is 0 Å². The largest absolute Gasteiger partial charge is 0.472 e. The predicted molar refractivity (Wildman–Crippen MR) is 87.9 cm³/mol. The van der Waals surface area contributed by atoms with Gasteiger partial charge in [-0.05, 0) is 48.6 Å². The molecule has 5 heteroatoms. The summed E-state index contributed by atoms with van der Waals surface area (Å²) in [5.74, 6) is 0.526. The molecule has 1 heterocycles. The molecule has 0 aliphatic heterocycles. The van der Waals surface area contributed by atoms with Crippen LogP contribution in [0.1, 0.15) is 28.8 Å². The molecule has 0 fully saturated rings. The van der Waals surface area contributed by atoms with Crippen LogP contribution in [0.4, 0.5) is 0 Å². The van der Waals surface area contributed by atoms with Crippen molar-refractivity contribution in [3.63, 3.8) is 0 Å². The molecular weight excluding hydrogens is 304 g/mol. The van der Waals surface area contributed by atoms with E-state index >= 15 is 0 Å². The number of aryl methyl sites for hydroxylation is 2. The number of thiocarbonyl (C=S) groups is 1. The van der Waals surface area contributed by atoms with Crippen molar-refractivity contribution in [1.82, 2.24) is 4.98 Å². The van der Waals surface area contributed by atoms with Crippen molar-refractivity contribution in [3.8, 4) is 5.88 Å². The zero-order valence-electron chi connectivity index (χ0n) is 11.4. The highest BCUT2D eigenvalue weighted by molar-refractivity contribution is 7.80. The third kappa shape index (κ3) is 3.17. The summed E-state index contributed by atoms with van der Waals surface area (Å²) in [5.41, 5.74) is 9.87. The van der Waals surface area contributed by atoms with E-state index in [1.807, 2.05) is 30.3 Å². The van der Waals surface area contributed by atoms with Crippen LogP contribution in [-0.4, -0.2) is 9.97 Å². The molecule has 21 heavy (non-hydrogen) atoms. The molecule has 0 saturated carbocycles. The van der Waals surface area contributed by atoms with Crippen molar-refractivity contribution < 1.29 is 4.74 Å². The van der Waals surface area contributed by atoms with Crippen molar-refractivity contribution in [3.05, 3.63) is 57.7 Å². The zero-order valence-corrected chi connectivity index (χ0v) is 13.0. The Labute approximate surface area is 134 Å². The molecule has 3 nitrogen and oxygen atoms in total. The number of nitrogens with two attached hydrogens (primary N) is 1. The second-order valence-electron chi connectivity index (χ2n) is 5.08. The van der Waals surface area contributed by atoms with E-state index in [1.54, 1.807) is 0 Å². The smallest absolute Gasteiger partial charge is 0.224 e. The quantitative estimate of drug-likeness (QED) is 0.877. The Kier molecular flexibility index (Phi) is 4.08. The summed E-state index contributed by atoms with van der Waals surface area (Å²) in [6, 6.07) is 9.55. The van der Waals surface area contributed by atoms with E-state index in [1.165, 1.54) is 5.56 Å². The molecule has 3 rings (SSSR count). The summed E-state index contributed by atoms with van der Waals surface area (Å²) >= 11 is 11.0. The highest BCUT2D eigenvalue weighted by atomic mass is 35.5. The molecule has 0 bridgehead atoms. The van der Waals surface area contributed by atoms with Crippen LogP contribution in [0, 0.1) is 0 Å². The predicted octanol–water partition coefficient (Wildman–Crippen LogP) is 3.44. The van der Waals surface area contributed by atoms with E-state index < -0.39 is 0 Å². The number of pyridine rings is 1. The van der Waals surface area contributed by atoms with Gasteiger partial charge in [-0.2, -0.15) is 0 Å². The van der Waals surface area contributed by atoms with Crippen molar-refractivity contribution in [1.29, 1.82) is 0 Å². The van der Waals surface area contributed by atoms with E-state index in [0.717, 1.165) is 36.1 Å². The van der Waals surface area contributed by atoms with E-state index in [-0.39, 0.29) is 0 Å². The van der Waals surface area contributed by atoms with Gasteiger partial charge in [0.15, 0.2) is 0 Å². The lowest BCUT2D eigenvalue weighted by molar-refractivity contribution is 0.292. The zero-order chi connectivity index (χ0) is 14.8. The summed E-state index contributed by atoms with van der Waals surface area (Å²) in [6.07, 6.45) is 3.15. The average molecular weight is 319 g/mol. The van der Waals surface area contributed by atoms with E-state index in [4.69, 9.17) is 34.3 Å². The molecule has 0 spiro atoms. The lowest BCUT2D eigenvalue weighted by Gasteiger charge is -2.12. The van der Waals surface area contributed by atoms with Gasteiger partial charge in [-0.15, -0.1) is 0 Å². The normalized spacial score (nSPS) is 13.0. The fraction of sp³-hybridized carbons (Fsp3) is 0.250. The minimum absolute atomic E-state index is 0.323. The van der Waals surface area contributed by atoms with Crippen molar-refractivity contribution >= 4 is 28.8 Å². The first-order chi connectivity index (χ1) is 10.1. The number of hydrogen-bond donors (Lipinski definition) is 1. The van der Waals surface area contributed by atoms with Crippen molar-refractivity contribution in [2.75, 3.05) is 0 Å². The maximum atomic E-state index is 5.87. The van der Waals surface area contributed by atoms with Crippen LogP contribution >= 0.6 is 23.8 Å². The summed E-state index contributed by atoms with van der Waals surface area (Å²) < 4.78 is 5.83. The van der Waals surface area contributed by atoms with Gasteiger partial charge in [0.1, 0.15) is 11.6 Å². The van der Waals surface area contributed by atoms with Crippen LogP contribution < -0.4 is 10.5 Å². The van der Waals surface area contributed by atoms with E-state index in [2.05, 4.69) is 4.98 Å². The highest BCUT2D eigenvalue weighted by Gasteiger charge is 2.18. The van der Waals surface area contributed by atoms with Gasteiger partial charge in [0.2, 0.25) is 5.88 Å². The summed E-state index contributed by atoms with van der Waals surface area (Å²) in [5, 5.41) is 0.707. The van der Waals surface area contributed by atoms with Crippen LogP contribution in [-0.2, 0) is 19.4 Å². The third-order valence-corrected chi connectivity index (χ3v) is 4.04. The molecular formula is C16H15ClN2OS. The minimum Gasteiger partial charge on any atom is -0.472 e. The summed E-state index contributed by atoms with van der Waals surface area (Å²) in [4.78, 5) is 4.91. The van der Waals surface area contributed by atoms with Gasteiger partial charge in [0, 0.05) is 10.7 Å². The second kappa shape index (κ2) is 6.00. The Hall–Kier alpha value is -1.65. The van der Waals surface area contributed by atoms with E-state index in [0.29, 0.717) is 22.5 Å².